The van der Waals surface area contributed by atoms with Crippen LogP contribution in [0.5, 0.6) is 5.75 Å². The van der Waals surface area contributed by atoms with E-state index < -0.39 is 21.9 Å². The summed E-state index contributed by atoms with van der Waals surface area (Å²) < 4.78 is 32.8. The molecule has 0 heterocycles. The highest BCUT2D eigenvalue weighted by Gasteiger charge is 2.22. The van der Waals surface area contributed by atoms with Gasteiger partial charge in [-0.25, -0.2) is 13.2 Å². The highest BCUT2D eigenvalue weighted by Crippen LogP contribution is 2.27. The van der Waals surface area contributed by atoms with Crippen LogP contribution in [0.2, 0.25) is 0 Å². The summed E-state index contributed by atoms with van der Waals surface area (Å²) in [5.41, 5.74) is 0.139. The number of hydrogen-bond donors (Lipinski definition) is 1. The van der Waals surface area contributed by atoms with Crippen LogP contribution in [0.4, 0.5) is 0 Å². The van der Waals surface area contributed by atoms with Crippen LogP contribution < -0.4 is 4.74 Å². The molecule has 0 amide bonds. The Morgan fingerprint density at radius 2 is 2.05 bits per heavy atom. The third-order valence-electron chi connectivity index (χ3n) is 2.41. The molecule has 106 valence electrons. The largest absolute Gasteiger partial charge is 0.495 e. The van der Waals surface area contributed by atoms with Crippen LogP contribution in [0.15, 0.2) is 23.1 Å². The molecule has 0 saturated carbocycles. The number of hydrogen-bond acceptors (Lipinski definition) is 6. The molecule has 0 aromatic heterocycles. The fourth-order valence-corrected chi connectivity index (χ4v) is 2.38. The highest BCUT2D eigenvalue weighted by atomic mass is 32.2. The van der Waals surface area contributed by atoms with E-state index in [-0.39, 0.29) is 22.8 Å². The van der Waals surface area contributed by atoms with Crippen molar-refractivity contribution < 1.29 is 27.8 Å². The summed E-state index contributed by atoms with van der Waals surface area (Å²) in [4.78, 5) is 11.3. The molecule has 0 radical (unpaired) electrons. The van der Waals surface area contributed by atoms with Gasteiger partial charge in [0, 0.05) is 6.26 Å². The lowest BCUT2D eigenvalue weighted by Crippen LogP contribution is -2.16. The minimum atomic E-state index is -3.53. The Morgan fingerprint density at radius 1 is 1.42 bits per heavy atom. The molecule has 0 aliphatic rings. The summed E-state index contributed by atoms with van der Waals surface area (Å²) in [6.07, 6.45) is -0.503. The van der Waals surface area contributed by atoms with Crippen LogP contribution >= 0.6 is 0 Å². The van der Waals surface area contributed by atoms with Crippen molar-refractivity contribution in [3.63, 3.8) is 0 Å². The first-order chi connectivity index (χ1) is 8.81. The summed E-state index contributed by atoms with van der Waals surface area (Å²) in [6.45, 7) is 1.74. The van der Waals surface area contributed by atoms with Gasteiger partial charge >= 0.3 is 5.97 Å². The number of carbonyl (C=O) groups excluding carboxylic acids is 1. The van der Waals surface area contributed by atoms with Crippen LogP contribution in [0.1, 0.15) is 18.6 Å². The van der Waals surface area contributed by atoms with Crippen molar-refractivity contribution >= 4 is 15.8 Å². The lowest BCUT2D eigenvalue weighted by Gasteiger charge is -2.13. The summed E-state index contributed by atoms with van der Waals surface area (Å²) in [5.74, 6) is -0.672. The maximum atomic E-state index is 11.6. The topological polar surface area (TPSA) is 89.9 Å². The first kappa shape index (κ1) is 15.5. The molecule has 0 spiro atoms. The van der Waals surface area contributed by atoms with E-state index in [1.165, 1.54) is 25.3 Å². The van der Waals surface area contributed by atoms with E-state index in [4.69, 9.17) is 4.74 Å². The predicted octanol–water partition coefficient (Wildman–Crippen LogP) is 0.695. The van der Waals surface area contributed by atoms with Crippen molar-refractivity contribution in [1.82, 2.24) is 0 Å². The van der Waals surface area contributed by atoms with E-state index in [2.05, 4.69) is 4.74 Å². The van der Waals surface area contributed by atoms with Crippen LogP contribution in [0, 0.1) is 0 Å². The smallest absolute Gasteiger partial charge is 0.339 e. The lowest BCUT2D eigenvalue weighted by atomic mass is 10.1. The number of carbonyl (C=O) groups is 1. The van der Waals surface area contributed by atoms with E-state index in [0.717, 1.165) is 6.26 Å². The third kappa shape index (κ3) is 3.68. The second-order valence-corrected chi connectivity index (χ2v) is 5.82. The molecule has 1 unspecified atom stereocenters. The number of benzene rings is 1. The van der Waals surface area contributed by atoms with Crippen molar-refractivity contribution in [3.8, 4) is 5.75 Å². The second-order valence-electron chi connectivity index (χ2n) is 3.84. The number of sulfone groups is 1. The first-order valence-electron chi connectivity index (χ1n) is 5.54. The Hall–Kier alpha value is -1.60. The van der Waals surface area contributed by atoms with Gasteiger partial charge in [-0.1, -0.05) is 6.07 Å². The van der Waals surface area contributed by atoms with Gasteiger partial charge in [0.1, 0.15) is 10.6 Å². The van der Waals surface area contributed by atoms with Crippen LogP contribution in [-0.4, -0.2) is 39.5 Å². The molecule has 19 heavy (non-hydrogen) atoms. The van der Waals surface area contributed by atoms with Gasteiger partial charge in [0.05, 0.1) is 13.7 Å². The van der Waals surface area contributed by atoms with E-state index in [9.17, 15) is 18.3 Å². The van der Waals surface area contributed by atoms with Crippen molar-refractivity contribution in [2.45, 2.75) is 17.9 Å². The lowest BCUT2D eigenvalue weighted by molar-refractivity contribution is -0.153. The number of methoxy groups -OCH3 is 1. The zero-order valence-electron chi connectivity index (χ0n) is 10.9. The third-order valence-corrected chi connectivity index (χ3v) is 3.53. The number of aliphatic hydroxyl groups excluding tert-OH is 1. The molecule has 6 nitrogen and oxygen atoms in total. The van der Waals surface area contributed by atoms with Gasteiger partial charge in [0.15, 0.2) is 15.9 Å². The minimum Gasteiger partial charge on any atom is -0.495 e. The Labute approximate surface area is 111 Å². The molecule has 1 N–H and O–H groups in total. The SMILES string of the molecule is CCOC(=O)C(O)c1ccc(OC)c(S(C)(=O)=O)c1. The van der Waals surface area contributed by atoms with E-state index in [0.29, 0.717) is 0 Å². The average molecular weight is 288 g/mol. The molecule has 0 bridgehead atoms. The maximum absolute atomic E-state index is 11.6. The zero-order valence-corrected chi connectivity index (χ0v) is 11.7. The fourth-order valence-electron chi connectivity index (χ4n) is 1.51. The average Bonchev–Trinajstić information content (AvgIpc) is 2.36. The summed E-state index contributed by atoms with van der Waals surface area (Å²) in [7, 11) is -2.19. The van der Waals surface area contributed by atoms with Gasteiger partial charge in [0.25, 0.3) is 0 Å². The standard InChI is InChI=1S/C12H16O6S/c1-4-18-12(14)11(13)8-5-6-9(17-2)10(7-8)19(3,15)16/h5-7,11,13H,4H2,1-3H3. The number of ether oxygens (including phenoxy) is 2. The van der Waals surface area contributed by atoms with Gasteiger partial charge in [-0.2, -0.15) is 0 Å². The molecule has 1 aromatic carbocycles. The van der Waals surface area contributed by atoms with Gasteiger partial charge in [-0.05, 0) is 24.6 Å². The van der Waals surface area contributed by atoms with E-state index >= 15 is 0 Å². The van der Waals surface area contributed by atoms with Crippen LogP contribution in [0.3, 0.4) is 0 Å². The summed E-state index contributed by atoms with van der Waals surface area (Å²) >= 11 is 0. The molecule has 0 aliphatic carbocycles. The Kier molecular flexibility index (Phi) is 4.90. The molecular formula is C12H16O6S. The Morgan fingerprint density at radius 3 is 2.53 bits per heavy atom. The van der Waals surface area contributed by atoms with Crippen LogP contribution in [-0.2, 0) is 19.4 Å². The normalized spacial score (nSPS) is 12.8. The molecule has 0 aliphatic heterocycles. The molecule has 0 saturated heterocycles. The molecule has 7 heteroatoms. The van der Waals surface area contributed by atoms with Gasteiger partial charge in [0.2, 0.25) is 0 Å². The number of rotatable bonds is 5. The monoisotopic (exact) mass is 288 g/mol. The number of esters is 1. The van der Waals surface area contributed by atoms with Crippen molar-refractivity contribution in [3.05, 3.63) is 23.8 Å². The quantitative estimate of drug-likeness (QED) is 0.802. The van der Waals surface area contributed by atoms with Crippen molar-refractivity contribution in [2.24, 2.45) is 0 Å². The zero-order chi connectivity index (χ0) is 14.6. The Balaban J connectivity index is 3.22. The fraction of sp³-hybridized carbons (Fsp3) is 0.417. The minimum absolute atomic E-state index is 0.0872. The van der Waals surface area contributed by atoms with Gasteiger partial charge in [-0.15, -0.1) is 0 Å². The van der Waals surface area contributed by atoms with Crippen LogP contribution in [0.25, 0.3) is 0 Å². The molecule has 1 rings (SSSR count). The highest BCUT2D eigenvalue weighted by molar-refractivity contribution is 7.90. The van der Waals surface area contributed by atoms with Gasteiger partial charge in [-0.3, -0.25) is 0 Å². The number of aliphatic hydroxyl groups is 1. The Bertz CT molecular complexity index is 564. The second kappa shape index (κ2) is 6.03. The maximum Gasteiger partial charge on any atom is 0.339 e. The molecule has 1 atom stereocenters. The molecule has 1 aromatic rings. The van der Waals surface area contributed by atoms with E-state index in [1.807, 2.05) is 0 Å². The first-order valence-corrected chi connectivity index (χ1v) is 7.43. The predicted molar refractivity (Wildman–Crippen MR) is 67.7 cm³/mol. The van der Waals surface area contributed by atoms with Gasteiger partial charge < -0.3 is 14.6 Å². The summed E-state index contributed by atoms with van der Waals surface area (Å²) in [6, 6.07) is 4.00. The van der Waals surface area contributed by atoms with Crippen molar-refractivity contribution in [1.29, 1.82) is 0 Å². The summed E-state index contributed by atoms with van der Waals surface area (Å²) in [5, 5.41) is 9.76. The van der Waals surface area contributed by atoms with Crippen molar-refractivity contribution in [2.75, 3.05) is 20.0 Å². The van der Waals surface area contributed by atoms with E-state index in [1.54, 1.807) is 6.92 Å². The molecule has 0 fully saturated rings. The molecular weight excluding hydrogens is 272 g/mol.